The van der Waals surface area contributed by atoms with E-state index in [1.807, 2.05) is 12.1 Å². The van der Waals surface area contributed by atoms with Gasteiger partial charge in [0.1, 0.15) is 5.82 Å². The first kappa shape index (κ1) is 15.4. The number of hydrogen-bond donors (Lipinski definition) is 2. The molecule has 1 aliphatic heterocycles. The van der Waals surface area contributed by atoms with E-state index in [9.17, 15) is 4.79 Å². The predicted molar refractivity (Wildman–Crippen MR) is 85.1 cm³/mol. The topological polar surface area (TPSA) is 89.0 Å². The molecule has 1 aliphatic rings. The second kappa shape index (κ2) is 7.15. The van der Waals surface area contributed by atoms with Crippen LogP contribution in [0.1, 0.15) is 16.1 Å². The Balaban J connectivity index is 1.63. The molecule has 1 fully saturated rings. The summed E-state index contributed by atoms with van der Waals surface area (Å²) in [4.78, 5) is 15.5. The van der Waals surface area contributed by atoms with Gasteiger partial charge >= 0.3 is 0 Å². The molecule has 0 radical (unpaired) electrons. The number of nitrogens with zero attached hydrogens (tertiary/aromatic N) is 3. The number of nitrogens with one attached hydrogen (secondary N) is 2. The van der Waals surface area contributed by atoms with Crippen LogP contribution in [0.2, 0.25) is 0 Å². The Morgan fingerprint density at radius 3 is 2.74 bits per heavy atom. The van der Waals surface area contributed by atoms with E-state index in [1.165, 1.54) is 5.56 Å². The standard InChI is InChI=1S/C16H19N5O2/c1-17-16(22)13-2-3-15(21-20-13)19-14-10-23-9-12(14)8-11-4-6-18-7-5-11/h2-7,12,14H,8-10H2,1H3,(H,17,22)(H,19,21)/t12-,14-/m1/s1. The quantitative estimate of drug-likeness (QED) is 0.852. The average molecular weight is 313 g/mol. The van der Waals surface area contributed by atoms with Crippen LogP contribution in [-0.2, 0) is 11.2 Å². The molecule has 3 rings (SSSR count). The Bertz CT molecular complexity index is 647. The summed E-state index contributed by atoms with van der Waals surface area (Å²) in [7, 11) is 1.57. The zero-order valence-electron chi connectivity index (χ0n) is 12.9. The molecule has 2 aromatic rings. The molecule has 1 saturated heterocycles. The molecule has 0 bridgehead atoms. The van der Waals surface area contributed by atoms with Crippen molar-refractivity contribution >= 4 is 11.7 Å². The molecule has 3 heterocycles. The van der Waals surface area contributed by atoms with Gasteiger partial charge in [-0.25, -0.2) is 0 Å². The van der Waals surface area contributed by atoms with Crippen LogP contribution in [0.4, 0.5) is 5.82 Å². The fraction of sp³-hybridized carbons (Fsp3) is 0.375. The normalized spacial score (nSPS) is 20.2. The smallest absolute Gasteiger partial charge is 0.271 e. The van der Waals surface area contributed by atoms with E-state index in [1.54, 1.807) is 31.6 Å². The van der Waals surface area contributed by atoms with Crippen molar-refractivity contribution in [1.82, 2.24) is 20.5 Å². The first-order valence-electron chi connectivity index (χ1n) is 7.55. The zero-order chi connectivity index (χ0) is 16.1. The van der Waals surface area contributed by atoms with E-state index >= 15 is 0 Å². The Morgan fingerprint density at radius 1 is 1.22 bits per heavy atom. The lowest BCUT2D eigenvalue weighted by Crippen LogP contribution is -2.30. The van der Waals surface area contributed by atoms with Gasteiger partial charge < -0.3 is 15.4 Å². The van der Waals surface area contributed by atoms with Crippen molar-refractivity contribution in [2.75, 3.05) is 25.6 Å². The first-order valence-corrected chi connectivity index (χ1v) is 7.55. The fourth-order valence-electron chi connectivity index (χ4n) is 2.63. The zero-order valence-corrected chi connectivity index (χ0v) is 12.9. The third kappa shape index (κ3) is 3.81. The second-order valence-corrected chi connectivity index (χ2v) is 5.49. The second-order valence-electron chi connectivity index (χ2n) is 5.49. The van der Waals surface area contributed by atoms with Crippen LogP contribution >= 0.6 is 0 Å². The summed E-state index contributed by atoms with van der Waals surface area (Å²) in [5.41, 5.74) is 1.54. The summed E-state index contributed by atoms with van der Waals surface area (Å²) >= 11 is 0. The molecule has 2 aromatic heterocycles. The maximum atomic E-state index is 11.5. The number of ether oxygens (including phenoxy) is 1. The number of hydrogen-bond acceptors (Lipinski definition) is 6. The van der Waals surface area contributed by atoms with Crippen molar-refractivity contribution in [3.05, 3.63) is 47.9 Å². The van der Waals surface area contributed by atoms with Gasteiger partial charge in [-0.05, 0) is 36.2 Å². The largest absolute Gasteiger partial charge is 0.379 e. The number of rotatable bonds is 5. The highest BCUT2D eigenvalue weighted by Gasteiger charge is 2.28. The van der Waals surface area contributed by atoms with Crippen LogP contribution in [0.15, 0.2) is 36.7 Å². The number of pyridine rings is 1. The van der Waals surface area contributed by atoms with Crippen LogP contribution in [0.25, 0.3) is 0 Å². The highest BCUT2D eigenvalue weighted by molar-refractivity contribution is 5.91. The summed E-state index contributed by atoms with van der Waals surface area (Å²) in [5.74, 6) is 0.759. The summed E-state index contributed by atoms with van der Waals surface area (Å²) in [5, 5.41) is 13.9. The molecule has 1 amide bonds. The number of carbonyl (C=O) groups excluding carboxylic acids is 1. The minimum Gasteiger partial charge on any atom is -0.379 e. The van der Waals surface area contributed by atoms with Gasteiger partial charge in [0, 0.05) is 25.4 Å². The van der Waals surface area contributed by atoms with Crippen LogP contribution in [-0.4, -0.2) is 47.4 Å². The molecule has 23 heavy (non-hydrogen) atoms. The van der Waals surface area contributed by atoms with E-state index in [0.29, 0.717) is 30.6 Å². The number of aromatic nitrogens is 3. The fourth-order valence-corrected chi connectivity index (χ4v) is 2.63. The molecular weight excluding hydrogens is 294 g/mol. The van der Waals surface area contributed by atoms with Gasteiger partial charge in [0.05, 0.1) is 19.3 Å². The molecule has 120 valence electrons. The monoisotopic (exact) mass is 313 g/mol. The Labute approximate surface area is 134 Å². The molecule has 2 N–H and O–H groups in total. The number of amides is 1. The summed E-state index contributed by atoms with van der Waals surface area (Å²) in [6.45, 7) is 1.35. The number of carbonyl (C=O) groups is 1. The third-order valence-corrected chi connectivity index (χ3v) is 3.90. The van der Waals surface area contributed by atoms with Crippen molar-refractivity contribution in [3.63, 3.8) is 0 Å². The molecule has 7 nitrogen and oxygen atoms in total. The van der Waals surface area contributed by atoms with Crippen LogP contribution in [0.3, 0.4) is 0 Å². The molecule has 0 aliphatic carbocycles. The van der Waals surface area contributed by atoms with Crippen LogP contribution in [0, 0.1) is 5.92 Å². The minimum atomic E-state index is -0.246. The molecule has 0 spiro atoms. The van der Waals surface area contributed by atoms with Gasteiger partial charge in [-0.1, -0.05) is 0 Å². The summed E-state index contributed by atoms with van der Waals surface area (Å²) < 4.78 is 5.60. The summed E-state index contributed by atoms with van der Waals surface area (Å²) in [6.07, 6.45) is 4.52. The highest BCUT2D eigenvalue weighted by Crippen LogP contribution is 2.21. The van der Waals surface area contributed by atoms with Crippen molar-refractivity contribution in [1.29, 1.82) is 0 Å². The number of anilines is 1. The van der Waals surface area contributed by atoms with Gasteiger partial charge in [-0.2, -0.15) is 0 Å². The van der Waals surface area contributed by atoms with Gasteiger partial charge in [-0.15, -0.1) is 10.2 Å². The van der Waals surface area contributed by atoms with Gasteiger partial charge in [0.25, 0.3) is 5.91 Å². The average Bonchev–Trinajstić information content (AvgIpc) is 3.02. The lowest BCUT2D eigenvalue weighted by molar-refractivity contribution is 0.0957. The van der Waals surface area contributed by atoms with Gasteiger partial charge in [-0.3, -0.25) is 9.78 Å². The van der Waals surface area contributed by atoms with Gasteiger partial charge in [0.2, 0.25) is 0 Å². The summed E-state index contributed by atoms with van der Waals surface area (Å²) in [6, 6.07) is 7.63. The Kier molecular flexibility index (Phi) is 4.77. The first-order chi connectivity index (χ1) is 11.3. The molecule has 0 saturated carbocycles. The molecule has 0 unspecified atom stereocenters. The van der Waals surface area contributed by atoms with Crippen molar-refractivity contribution in [2.45, 2.75) is 12.5 Å². The van der Waals surface area contributed by atoms with Crippen LogP contribution < -0.4 is 10.6 Å². The molecule has 0 aromatic carbocycles. The molecule has 7 heteroatoms. The van der Waals surface area contributed by atoms with Crippen molar-refractivity contribution in [3.8, 4) is 0 Å². The van der Waals surface area contributed by atoms with E-state index in [2.05, 4.69) is 25.8 Å². The van der Waals surface area contributed by atoms with E-state index in [4.69, 9.17) is 4.74 Å². The SMILES string of the molecule is CNC(=O)c1ccc(N[C@@H]2COC[C@H]2Cc2ccncc2)nn1. The van der Waals surface area contributed by atoms with E-state index in [0.717, 1.165) is 6.42 Å². The van der Waals surface area contributed by atoms with E-state index in [-0.39, 0.29) is 11.9 Å². The molecular formula is C16H19N5O2. The maximum absolute atomic E-state index is 11.5. The van der Waals surface area contributed by atoms with Crippen LogP contribution in [0.5, 0.6) is 0 Å². The minimum absolute atomic E-state index is 0.170. The van der Waals surface area contributed by atoms with Crippen molar-refractivity contribution in [2.24, 2.45) is 5.92 Å². The Morgan fingerprint density at radius 2 is 2.04 bits per heavy atom. The predicted octanol–water partition coefficient (Wildman–Crippen LogP) is 0.901. The maximum Gasteiger partial charge on any atom is 0.271 e. The van der Waals surface area contributed by atoms with E-state index < -0.39 is 0 Å². The molecule has 2 atom stereocenters. The van der Waals surface area contributed by atoms with Gasteiger partial charge in [0.15, 0.2) is 5.69 Å². The Hall–Kier alpha value is -2.54. The van der Waals surface area contributed by atoms with Crippen molar-refractivity contribution < 1.29 is 9.53 Å². The lowest BCUT2D eigenvalue weighted by atomic mass is 9.95. The highest BCUT2D eigenvalue weighted by atomic mass is 16.5. The lowest BCUT2D eigenvalue weighted by Gasteiger charge is -2.19. The third-order valence-electron chi connectivity index (χ3n) is 3.90.